The summed E-state index contributed by atoms with van der Waals surface area (Å²) in [6, 6.07) is 0. The Kier molecular flexibility index (Phi) is 3.87. The molecule has 1 fully saturated rings. The second-order valence-electron chi connectivity index (χ2n) is 3.55. The summed E-state index contributed by atoms with van der Waals surface area (Å²) >= 11 is 0. The zero-order valence-electron chi connectivity index (χ0n) is 7.84. The van der Waals surface area contributed by atoms with E-state index in [0.29, 0.717) is 0 Å². The average Bonchev–Trinajstić information content (AvgIpc) is 2.40. The van der Waals surface area contributed by atoms with Crippen molar-refractivity contribution in [3.05, 3.63) is 0 Å². The van der Waals surface area contributed by atoms with Gasteiger partial charge < -0.3 is 0 Å². The molecule has 0 N–H and O–H groups in total. The van der Waals surface area contributed by atoms with Crippen LogP contribution >= 0.6 is 0 Å². The monoisotopic (exact) mass is 156 g/mol. The topological polar surface area (TPSA) is 6.48 Å². The molecule has 2 heteroatoms. The van der Waals surface area contributed by atoms with Gasteiger partial charge in [0.05, 0.1) is 6.67 Å². The molecule has 0 aromatic carbocycles. The lowest BCUT2D eigenvalue weighted by molar-refractivity contribution is 0.183. The Morgan fingerprint density at radius 3 is 2.45 bits per heavy atom. The van der Waals surface area contributed by atoms with E-state index in [1.165, 1.54) is 45.6 Å². The molecule has 0 spiro atoms. The van der Waals surface area contributed by atoms with Crippen LogP contribution in [0.3, 0.4) is 0 Å². The van der Waals surface area contributed by atoms with Crippen LogP contribution in [0.25, 0.3) is 0 Å². The largest absolute Gasteiger partial charge is 0.294 e. The van der Waals surface area contributed by atoms with Gasteiger partial charge in [0, 0.05) is 0 Å². The molecular weight excluding hydrogens is 136 g/mol. The van der Waals surface area contributed by atoms with E-state index in [2.05, 4.69) is 23.8 Å². The Morgan fingerprint density at radius 2 is 1.91 bits per heavy atom. The molecule has 1 rings (SSSR count). The van der Waals surface area contributed by atoms with Crippen molar-refractivity contribution in [2.24, 2.45) is 0 Å². The van der Waals surface area contributed by atoms with E-state index in [1.807, 2.05) is 0 Å². The molecule has 11 heavy (non-hydrogen) atoms. The van der Waals surface area contributed by atoms with Crippen molar-refractivity contribution in [2.75, 3.05) is 33.4 Å². The molecule has 1 saturated heterocycles. The quantitative estimate of drug-likeness (QED) is 0.607. The molecule has 1 heterocycles. The zero-order valence-corrected chi connectivity index (χ0v) is 7.84. The molecule has 0 saturated carbocycles. The van der Waals surface area contributed by atoms with Gasteiger partial charge in [0.1, 0.15) is 0 Å². The molecule has 2 nitrogen and oxygen atoms in total. The van der Waals surface area contributed by atoms with Gasteiger partial charge in [-0.05, 0) is 45.9 Å². The van der Waals surface area contributed by atoms with E-state index in [0.717, 1.165) is 0 Å². The highest BCUT2D eigenvalue weighted by molar-refractivity contribution is 4.65. The van der Waals surface area contributed by atoms with E-state index in [9.17, 15) is 0 Å². The fraction of sp³-hybridized carbons (Fsp3) is 1.00. The molecule has 1 aliphatic rings. The number of likely N-dealkylation sites (tertiary alicyclic amines) is 1. The molecule has 0 aromatic heterocycles. The third-order valence-electron chi connectivity index (χ3n) is 2.25. The van der Waals surface area contributed by atoms with E-state index in [4.69, 9.17) is 0 Å². The van der Waals surface area contributed by atoms with E-state index < -0.39 is 0 Å². The lowest BCUT2D eigenvalue weighted by atomic mass is 10.4. The van der Waals surface area contributed by atoms with Gasteiger partial charge in [-0.1, -0.05) is 6.92 Å². The summed E-state index contributed by atoms with van der Waals surface area (Å²) in [5.74, 6) is 0. The Morgan fingerprint density at radius 1 is 1.27 bits per heavy atom. The molecule has 0 unspecified atom stereocenters. The lowest BCUT2D eigenvalue weighted by Crippen LogP contribution is -2.33. The minimum atomic E-state index is 1.17. The summed E-state index contributed by atoms with van der Waals surface area (Å²) < 4.78 is 0. The minimum absolute atomic E-state index is 1.17. The molecular formula is C9H20N2. The van der Waals surface area contributed by atoms with Crippen LogP contribution < -0.4 is 0 Å². The Bertz CT molecular complexity index is 97.7. The highest BCUT2D eigenvalue weighted by atomic mass is 15.3. The van der Waals surface area contributed by atoms with Crippen molar-refractivity contribution in [2.45, 2.75) is 26.2 Å². The van der Waals surface area contributed by atoms with Crippen LogP contribution in [0.4, 0.5) is 0 Å². The number of hydrogen-bond acceptors (Lipinski definition) is 2. The van der Waals surface area contributed by atoms with Gasteiger partial charge in [0.15, 0.2) is 0 Å². The second-order valence-corrected chi connectivity index (χ2v) is 3.55. The third kappa shape index (κ3) is 3.21. The normalized spacial score (nSPS) is 19.9. The number of nitrogens with zero attached hydrogens (tertiary/aromatic N) is 2. The second kappa shape index (κ2) is 4.73. The molecule has 0 radical (unpaired) electrons. The van der Waals surface area contributed by atoms with Crippen LogP contribution in [-0.4, -0.2) is 43.2 Å². The maximum absolute atomic E-state index is 2.54. The van der Waals surface area contributed by atoms with Crippen molar-refractivity contribution in [3.8, 4) is 0 Å². The fourth-order valence-electron chi connectivity index (χ4n) is 1.72. The van der Waals surface area contributed by atoms with Crippen molar-refractivity contribution in [3.63, 3.8) is 0 Å². The molecule has 66 valence electrons. The van der Waals surface area contributed by atoms with Gasteiger partial charge >= 0.3 is 0 Å². The summed E-state index contributed by atoms with van der Waals surface area (Å²) in [7, 11) is 2.21. The summed E-state index contributed by atoms with van der Waals surface area (Å²) in [5, 5.41) is 0. The number of rotatable bonds is 4. The molecule has 1 aliphatic heterocycles. The summed E-state index contributed by atoms with van der Waals surface area (Å²) in [6.07, 6.45) is 4.07. The summed E-state index contributed by atoms with van der Waals surface area (Å²) in [5.41, 5.74) is 0. The Labute approximate surface area is 70.2 Å². The van der Waals surface area contributed by atoms with E-state index in [1.54, 1.807) is 0 Å². The van der Waals surface area contributed by atoms with Crippen LogP contribution in [-0.2, 0) is 0 Å². The van der Waals surface area contributed by atoms with Crippen LogP contribution in [0.2, 0.25) is 0 Å². The van der Waals surface area contributed by atoms with Crippen molar-refractivity contribution < 1.29 is 0 Å². The van der Waals surface area contributed by atoms with Crippen LogP contribution in [0.1, 0.15) is 26.2 Å². The molecule has 0 aliphatic carbocycles. The van der Waals surface area contributed by atoms with Gasteiger partial charge in [-0.25, -0.2) is 0 Å². The summed E-state index contributed by atoms with van der Waals surface area (Å²) in [6.45, 7) is 7.27. The minimum Gasteiger partial charge on any atom is -0.294 e. The predicted octanol–water partition coefficient (Wildman–Crippen LogP) is 1.38. The van der Waals surface area contributed by atoms with Crippen molar-refractivity contribution in [1.29, 1.82) is 0 Å². The molecule has 0 aromatic rings. The first-order valence-electron chi connectivity index (χ1n) is 4.74. The lowest BCUT2D eigenvalue weighted by Gasteiger charge is -2.22. The van der Waals surface area contributed by atoms with E-state index >= 15 is 0 Å². The van der Waals surface area contributed by atoms with Crippen molar-refractivity contribution >= 4 is 0 Å². The predicted molar refractivity (Wildman–Crippen MR) is 48.6 cm³/mol. The standard InChI is InChI=1S/C9H20N2/c1-3-6-10(2)9-11-7-4-5-8-11/h3-9H2,1-2H3. The van der Waals surface area contributed by atoms with Gasteiger partial charge in [-0.3, -0.25) is 9.80 Å². The van der Waals surface area contributed by atoms with Gasteiger partial charge in [0.2, 0.25) is 0 Å². The first-order chi connectivity index (χ1) is 5.33. The Hall–Kier alpha value is -0.0800. The van der Waals surface area contributed by atoms with Crippen LogP contribution in [0, 0.1) is 0 Å². The Balaban J connectivity index is 2.08. The van der Waals surface area contributed by atoms with Gasteiger partial charge in [0.25, 0.3) is 0 Å². The SMILES string of the molecule is CCCN(C)CN1CCCC1. The molecule has 0 amide bonds. The third-order valence-corrected chi connectivity index (χ3v) is 2.25. The first-order valence-corrected chi connectivity index (χ1v) is 4.74. The maximum atomic E-state index is 2.54. The highest BCUT2D eigenvalue weighted by Gasteiger charge is 2.12. The molecule has 0 bridgehead atoms. The van der Waals surface area contributed by atoms with Gasteiger partial charge in [-0.15, -0.1) is 0 Å². The smallest absolute Gasteiger partial charge is 0.0503 e. The average molecular weight is 156 g/mol. The summed E-state index contributed by atoms with van der Waals surface area (Å²) in [4.78, 5) is 4.95. The van der Waals surface area contributed by atoms with E-state index in [-0.39, 0.29) is 0 Å². The first kappa shape index (κ1) is 9.01. The van der Waals surface area contributed by atoms with Gasteiger partial charge in [-0.2, -0.15) is 0 Å². The fourth-order valence-corrected chi connectivity index (χ4v) is 1.72. The highest BCUT2D eigenvalue weighted by Crippen LogP contribution is 2.07. The zero-order chi connectivity index (χ0) is 8.10. The van der Waals surface area contributed by atoms with Crippen molar-refractivity contribution in [1.82, 2.24) is 9.80 Å². The maximum Gasteiger partial charge on any atom is 0.0503 e. The van der Waals surface area contributed by atoms with Crippen LogP contribution in [0.15, 0.2) is 0 Å². The number of hydrogen-bond donors (Lipinski definition) is 0. The van der Waals surface area contributed by atoms with Crippen LogP contribution in [0.5, 0.6) is 0 Å². The molecule has 0 atom stereocenters.